The minimum absolute atomic E-state index is 0.101. The molecule has 0 aliphatic carbocycles. The van der Waals surface area contributed by atoms with Gasteiger partial charge < -0.3 is 5.73 Å². The van der Waals surface area contributed by atoms with Crippen molar-refractivity contribution in [2.24, 2.45) is 11.7 Å². The third-order valence-electron chi connectivity index (χ3n) is 3.18. The molecule has 0 saturated heterocycles. The summed E-state index contributed by atoms with van der Waals surface area (Å²) in [5.41, 5.74) is 9.37. The lowest BCUT2D eigenvalue weighted by molar-refractivity contribution is 0.419. The van der Waals surface area contributed by atoms with Gasteiger partial charge in [0.15, 0.2) is 5.65 Å². The highest BCUT2D eigenvalue weighted by molar-refractivity contribution is 5.42. The number of hydrogen-bond donors (Lipinski definition) is 1. The fourth-order valence-corrected chi connectivity index (χ4v) is 2.54. The Hall–Kier alpha value is -1.42. The number of nitrogens with zero attached hydrogens (tertiary/aromatic N) is 3. The molecule has 0 radical (unpaired) electrons. The van der Waals surface area contributed by atoms with E-state index in [1.807, 2.05) is 10.6 Å². The van der Waals surface area contributed by atoms with Crippen molar-refractivity contribution in [3.05, 3.63) is 29.7 Å². The van der Waals surface area contributed by atoms with E-state index in [2.05, 4.69) is 43.8 Å². The molecule has 2 unspecified atom stereocenters. The van der Waals surface area contributed by atoms with Gasteiger partial charge in [0.05, 0.1) is 0 Å². The van der Waals surface area contributed by atoms with E-state index in [9.17, 15) is 0 Å². The smallest absolute Gasteiger partial charge is 0.155 e. The first kappa shape index (κ1) is 12.0. The normalized spacial score (nSPS) is 15.4. The van der Waals surface area contributed by atoms with Crippen LogP contribution in [0.5, 0.6) is 0 Å². The minimum Gasteiger partial charge on any atom is -0.327 e. The lowest BCUT2D eigenvalue weighted by Crippen LogP contribution is -2.30. The molecule has 2 N–H and O–H groups in total. The Kier molecular flexibility index (Phi) is 3.15. The van der Waals surface area contributed by atoms with Crippen LogP contribution in [-0.4, -0.2) is 20.6 Å². The van der Waals surface area contributed by atoms with Crippen molar-refractivity contribution >= 4 is 5.65 Å². The summed E-state index contributed by atoms with van der Waals surface area (Å²) in [6.45, 7) is 8.52. The Bertz CT molecular complexity index is 505. The lowest BCUT2D eigenvalue weighted by Gasteiger charge is -2.25. The van der Waals surface area contributed by atoms with E-state index in [-0.39, 0.29) is 6.04 Å². The number of fused-ring (bicyclic) bond motifs is 1. The maximum atomic E-state index is 6.12. The van der Waals surface area contributed by atoms with Gasteiger partial charge in [0, 0.05) is 17.7 Å². The molecule has 92 valence electrons. The molecule has 2 aromatic rings. The molecule has 2 atom stereocenters. The van der Waals surface area contributed by atoms with Crippen molar-refractivity contribution in [2.75, 3.05) is 0 Å². The Balaban J connectivity index is 2.63. The molecule has 2 heterocycles. The van der Waals surface area contributed by atoms with E-state index in [0.717, 1.165) is 11.3 Å². The third-order valence-corrected chi connectivity index (χ3v) is 3.18. The van der Waals surface area contributed by atoms with Crippen molar-refractivity contribution in [3.8, 4) is 0 Å². The quantitative estimate of drug-likeness (QED) is 0.882. The van der Waals surface area contributed by atoms with Gasteiger partial charge in [-0.3, -0.25) is 0 Å². The van der Waals surface area contributed by atoms with Gasteiger partial charge in [0.25, 0.3) is 0 Å². The van der Waals surface area contributed by atoms with Crippen molar-refractivity contribution in [2.45, 2.75) is 39.7 Å². The predicted molar refractivity (Wildman–Crippen MR) is 69.0 cm³/mol. The van der Waals surface area contributed by atoms with Crippen LogP contribution < -0.4 is 5.73 Å². The van der Waals surface area contributed by atoms with Crippen LogP contribution in [0, 0.1) is 12.8 Å². The summed E-state index contributed by atoms with van der Waals surface area (Å²) in [7, 11) is 0. The van der Waals surface area contributed by atoms with Gasteiger partial charge in [-0.2, -0.15) is 5.10 Å². The molecular weight excluding hydrogens is 212 g/mol. The average molecular weight is 232 g/mol. The van der Waals surface area contributed by atoms with Gasteiger partial charge in [-0.25, -0.2) is 9.50 Å². The first-order valence-corrected chi connectivity index (χ1v) is 6.06. The monoisotopic (exact) mass is 232 g/mol. The Morgan fingerprint density at radius 2 is 1.94 bits per heavy atom. The highest BCUT2D eigenvalue weighted by Crippen LogP contribution is 2.27. The number of rotatable bonds is 3. The summed E-state index contributed by atoms with van der Waals surface area (Å²) < 4.78 is 1.90. The van der Waals surface area contributed by atoms with E-state index >= 15 is 0 Å². The van der Waals surface area contributed by atoms with Crippen molar-refractivity contribution in [1.29, 1.82) is 0 Å². The van der Waals surface area contributed by atoms with Crippen LogP contribution in [0.3, 0.4) is 0 Å². The molecule has 2 rings (SSSR count). The topological polar surface area (TPSA) is 56.2 Å². The van der Waals surface area contributed by atoms with Crippen LogP contribution in [-0.2, 0) is 0 Å². The van der Waals surface area contributed by atoms with E-state index in [4.69, 9.17) is 5.73 Å². The van der Waals surface area contributed by atoms with Gasteiger partial charge >= 0.3 is 0 Å². The van der Waals surface area contributed by atoms with Crippen LogP contribution in [0.4, 0.5) is 0 Å². The molecule has 0 fully saturated rings. The van der Waals surface area contributed by atoms with Crippen molar-refractivity contribution < 1.29 is 0 Å². The zero-order valence-electron chi connectivity index (χ0n) is 10.9. The standard InChI is InChI=1S/C13H20N4/c1-8(2)13(10(4)14)11-5-9(3)6-12-15-7-16-17(11)12/h5-8,10,13H,14H2,1-4H3. The van der Waals surface area contributed by atoms with Gasteiger partial charge in [0.1, 0.15) is 6.33 Å². The summed E-state index contributed by atoms with van der Waals surface area (Å²) in [4.78, 5) is 4.25. The highest BCUT2D eigenvalue weighted by atomic mass is 15.3. The number of nitrogens with two attached hydrogens (primary N) is 1. The number of aryl methyl sites for hydroxylation is 1. The van der Waals surface area contributed by atoms with Crippen LogP contribution in [0.25, 0.3) is 5.65 Å². The molecule has 0 aliphatic heterocycles. The fraction of sp³-hybridized carbons (Fsp3) is 0.538. The van der Waals surface area contributed by atoms with E-state index in [1.165, 1.54) is 5.56 Å². The molecule has 0 bridgehead atoms. The fourth-order valence-electron chi connectivity index (χ4n) is 2.54. The maximum absolute atomic E-state index is 6.12. The number of hydrogen-bond acceptors (Lipinski definition) is 3. The molecule has 2 aromatic heterocycles. The van der Waals surface area contributed by atoms with E-state index in [1.54, 1.807) is 6.33 Å². The Morgan fingerprint density at radius 1 is 1.24 bits per heavy atom. The molecule has 0 spiro atoms. The van der Waals surface area contributed by atoms with Gasteiger partial charge in [-0.05, 0) is 37.5 Å². The molecule has 0 aromatic carbocycles. The minimum atomic E-state index is 0.101. The first-order chi connectivity index (χ1) is 8.00. The van der Waals surface area contributed by atoms with Gasteiger partial charge in [-0.1, -0.05) is 13.8 Å². The number of pyridine rings is 1. The molecule has 4 nitrogen and oxygen atoms in total. The summed E-state index contributed by atoms with van der Waals surface area (Å²) in [6, 6.07) is 4.30. The SMILES string of the molecule is Cc1cc(C(C(C)C)C(C)N)n2ncnc2c1. The highest BCUT2D eigenvalue weighted by Gasteiger charge is 2.23. The molecule has 0 saturated carbocycles. The zero-order valence-corrected chi connectivity index (χ0v) is 10.9. The third kappa shape index (κ3) is 2.17. The van der Waals surface area contributed by atoms with Crippen molar-refractivity contribution in [3.63, 3.8) is 0 Å². The second-order valence-electron chi connectivity index (χ2n) is 5.12. The molecule has 0 amide bonds. The largest absolute Gasteiger partial charge is 0.327 e. The Morgan fingerprint density at radius 3 is 2.53 bits per heavy atom. The first-order valence-electron chi connectivity index (χ1n) is 6.06. The number of aromatic nitrogens is 3. The second-order valence-corrected chi connectivity index (χ2v) is 5.12. The van der Waals surface area contributed by atoms with Crippen LogP contribution in [0.2, 0.25) is 0 Å². The summed E-state index contributed by atoms with van der Waals surface area (Å²) in [5, 5.41) is 4.30. The maximum Gasteiger partial charge on any atom is 0.155 e. The summed E-state index contributed by atoms with van der Waals surface area (Å²) in [5.74, 6) is 0.767. The molecule has 4 heteroatoms. The summed E-state index contributed by atoms with van der Waals surface area (Å²) >= 11 is 0. The molecule has 0 aliphatic rings. The zero-order chi connectivity index (χ0) is 12.6. The average Bonchev–Trinajstić information content (AvgIpc) is 2.63. The lowest BCUT2D eigenvalue weighted by atomic mass is 9.86. The van der Waals surface area contributed by atoms with Crippen LogP contribution >= 0.6 is 0 Å². The van der Waals surface area contributed by atoms with Crippen LogP contribution in [0.1, 0.15) is 37.9 Å². The molecule has 17 heavy (non-hydrogen) atoms. The second kappa shape index (κ2) is 4.45. The van der Waals surface area contributed by atoms with E-state index in [0.29, 0.717) is 11.8 Å². The Labute approximate surface area is 102 Å². The molecular formula is C13H20N4. The van der Waals surface area contributed by atoms with Crippen LogP contribution in [0.15, 0.2) is 18.5 Å². The summed E-state index contributed by atoms with van der Waals surface area (Å²) in [6.07, 6.45) is 1.59. The van der Waals surface area contributed by atoms with Gasteiger partial charge in [0.2, 0.25) is 0 Å². The van der Waals surface area contributed by atoms with E-state index < -0.39 is 0 Å². The van der Waals surface area contributed by atoms with Gasteiger partial charge in [-0.15, -0.1) is 0 Å². The van der Waals surface area contributed by atoms with Crippen molar-refractivity contribution in [1.82, 2.24) is 14.6 Å². The predicted octanol–water partition coefficient (Wildman–Crippen LogP) is 2.12.